The quantitative estimate of drug-likeness (QED) is 0.657. The lowest BCUT2D eigenvalue weighted by Gasteiger charge is -2.04. The number of rotatable bonds is 5. The highest BCUT2D eigenvalue weighted by molar-refractivity contribution is 7.89. The van der Waals surface area contributed by atoms with Gasteiger partial charge in [0.2, 0.25) is 10.0 Å². The van der Waals surface area contributed by atoms with E-state index in [-0.39, 0.29) is 4.90 Å². The third kappa shape index (κ3) is 4.17. The van der Waals surface area contributed by atoms with Crippen molar-refractivity contribution in [2.45, 2.75) is 37.5 Å². The van der Waals surface area contributed by atoms with Gasteiger partial charge in [0, 0.05) is 12.0 Å². The molecule has 0 amide bonds. The summed E-state index contributed by atoms with van der Waals surface area (Å²) in [6, 6.07) is 6.80. The molecule has 0 fully saturated rings. The lowest BCUT2D eigenvalue weighted by atomic mass is 10.2. The van der Waals surface area contributed by atoms with E-state index in [1.54, 1.807) is 24.3 Å². The van der Waals surface area contributed by atoms with E-state index in [1.807, 2.05) is 0 Å². The lowest BCUT2D eigenvalue weighted by molar-refractivity contribution is 0.588. The van der Waals surface area contributed by atoms with Crippen molar-refractivity contribution in [1.82, 2.24) is 4.72 Å². The van der Waals surface area contributed by atoms with Gasteiger partial charge in [-0.3, -0.25) is 0 Å². The second-order valence-electron chi connectivity index (χ2n) is 3.96. The predicted octanol–water partition coefficient (Wildman–Crippen LogP) is 2.53. The van der Waals surface area contributed by atoms with E-state index in [2.05, 4.69) is 23.5 Å². The van der Waals surface area contributed by atoms with Crippen molar-refractivity contribution in [2.24, 2.45) is 0 Å². The molecule has 0 unspecified atom stereocenters. The van der Waals surface area contributed by atoms with Crippen molar-refractivity contribution in [3.05, 3.63) is 29.8 Å². The maximum Gasteiger partial charge on any atom is 0.241 e. The molecule has 0 heterocycles. The average Bonchev–Trinajstić information content (AvgIpc) is 2.39. The monoisotopic (exact) mass is 265 g/mol. The molecule has 0 saturated heterocycles. The predicted molar refractivity (Wildman–Crippen MR) is 73.7 cm³/mol. The molecule has 1 N–H and O–H groups in total. The second-order valence-corrected chi connectivity index (χ2v) is 5.82. The maximum atomic E-state index is 11.8. The molecule has 0 saturated carbocycles. The Bertz CT molecular complexity index is 538. The van der Waals surface area contributed by atoms with Gasteiger partial charge in [0.05, 0.1) is 4.90 Å². The normalized spacial score (nSPS) is 10.8. The van der Waals surface area contributed by atoms with Crippen molar-refractivity contribution in [3.8, 4) is 11.8 Å². The number of sulfonamides is 1. The van der Waals surface area contributed by atoms with Gasteiger partial charge in [0.25, 0.3) is 0 Å². The Labute approximate surface area is 110 Å². The molecule has 1 rings (SSSR count). The van der Waals surface area contributed by atoms with Crippen LogP contribution in [-0.4, -0.2) is 15.5 Å². The smallest absolute Gasteiger partial charge is 0.214 e. The van der Waals surface area contributed by atoms with Crippen LogP contribution in [0, 0.1) is 11.8 Å². The summed E-state index contributed by atoms with van der Waals surface area (Å²) in [5.74, 6) is 5.97. The largest absolute Gasteiger partial charge is 0.241 e. The Morgan fingerprint density at radius 1 is 1.22 bits per heavy atom. The Balaban J connectivity index is 2.90. The van der Waals surface area contributed by atoms with Gasteiger partial charge in [0.1, 0.15) is 0 Å². The van der Waals surface area contributed by atoms with E-state index in [1.165, 1.54) is 7.05 Å². The van der Waals surface area contributed by atoms with Gasteiger partial charge in [-0.1, -0.05) is 43.7 Å². The minimum absolute atomic E-state index is 0.246. The van der Waals surface area contributed by atoms with Crippen molar-refractivity contribution >= 4 is 10.0 Å². The van der Waals surface area contributed by atoms with Crippen molar-refractivity contribution in [3.63, 3.8) is 0 Å². The first-order valence-corrected chi connectivity index (χ1v) is 7.61. The number of nitrogens with one attached hydrogen (secondary N) is 1. The van der Waals surface area contributed by atoms with E-state index in [0.717, 1.165) is 25.7 Å². The van der Waals surface area contributed by atoms with Gasteiger partial charge >= 0.3 is 0 Å². The van der Waals surface area contributed by atoms with Gasteiger partial charge in [-0.15, -0.1) is 0 Å². The summed E-state index contributed by atoms with van der Waals surface area (Å²) in [4.78, 5) is 0.246. The standard InChI is InChI=1S/C14H19NO2S/c1-3-4-5-6-7-10-13-11-8-9-12-14(13)18(16,17)15-2/h8-9,11-12,15H,3-6H2,1-2H3. The molecule has 1 aromatic carbocycles. The topological polar surface area (TPSA) is 46.2 Å². The van der Waals surface area contributed by atoms with Crippen LogP contribution in [0.3, 0.4) is 0 Å². The van der Waals surface area contributed by atoms with Crippen molar-refractivity contribution in [1.29, 1.82) is 0 Å². The third-order valence-electron chi connectivity index (χ3n) is 2.57. The zero-order chi connectivity index (χ0) is 13.4. The first kappa shape index (κ1) is 14.7. The summed E-state index contributed by atoms with van der Waals surface area (Å²) in [5.41, 5.74) is 0.559. The molecule has 0 aliphatic heterocycles. The van der Waals surface area contributed by atoms with Crippen LogP contribution in [0.1, 0.15) is 38.2 Å². The van der Waals surface area contributed by atoms with Gasteiger partial charge in [0.15, 0.2) is 0 Å². The zero-order valence-corrected chi connectivity index (χ0v) is 11.7. The molecule has 0 radical (unpaired) electrons. The van der Waals surface area contributed by atoms with Crippen molar-refractivity contribution < 1.29 is 8.42 Å². The molecule has 0 aliphatic carbocycles. The number of hydrogen-bond acceptors (Lipinski definition) is 2. The fourth-order valence-electron chi connectivity index (χ4n) is 1.54. The minimum atomic E-state index is -3.43. The second kappa shape index (κ2) is 7.20. The van der Waals surface area contributed by atoms with Crippen LogP contribution in [0.4, 0.5) is 0 Å². The molecular weight excluding hydrogens is 246 g/mol. The van der Waals surface area contributed by atoms with Gasteiger partial charge < -0.3 is 0 Å². The Morgan fingerprint density at radius 2 is 1.94 bits per heavy atom. The van der Waals surface area contributed by atoms with Crippen LogP contribution >= 0.6 is 0 Å². The van der Waals surface area contributed by atoms with E-state index < -0.39 is 10.0 Å². The molecular formula is C14H19NO2S. The van der Waals surface area contributed by atoms with Crippen LogP contribution < -0.4 is 4.72 Å². The Hall–Kier alpha value is -1.31. The summed E-state index contributed by atoms with van der Waals surface area (Å²) in [6.07, 6.45) is 4.18. The van der Waals surface area contributed by atoms with Crippen LogP contribution in [0.5, 0.6) is 0 Å². The highest BCUT2D eigenvalue weighted by Gasteiger charge is 2.14. The molecule has 0 bridgehead atoms. The highest BCUT2D eigenvalue weighted by atomic mass is 32.2. The summed E-state index contributed by atoms with van der Waals surface area (Å²) in [7, 11) is -2.03. The van der Waals surface area contributed by atoms with Crippen molar-refractivity contribution in [2.75, 3.05) is 7.05 Å². The fraction of sp³-hybridized carbons (Fsp3) is 0.429. The minimum Gasteiger partial charge on any atom is -0.214 e. The molecule has 0 atom stereocenters. The van der Waals surface area contributed by atoms with Crippen LogP contribution in [0.15, 0.2) is 29.2 Å². The van der Waals surface area contributed by atoms with Gasteiger partial charge in [-0.25, -0.2) is 13.1 Å². The zero-order valence-electron chi connectivity index (χ0n) is 10.9. The Morgan fingerprint density at radius 3 is 2.61 bits per heavy atom. The SMILES string of the molecule is CCCCCC#Cc1ccccc1S(=O)(=O)NC. The van der Waals surface area contributed by atoms with E-state index >= 15 is 0 Å². The highest BCUT2D eigenvalue weighted by Crippen LogP contribution is 2.13. The first-order chi connectivity index (χ1) is 8.61. The van der Waals surface area contributed by atoms with Gasteiger partial charge in [-0.05, 0) is 25.6 Å². The number of benzene rings is 1. The molecule has 3 nitrogen and oxygen atoms in total. The van der Waals surface area contributed by atoms with Crippen LogP contribution in [0.2, 0.25) is 0 Å². The lowest BCUT2D eigenvalue weighted by Crippen LogP contribution is -2.19. The van der Waals surface area contributed by atoms with Gasteiger partial charge in [-0.2, -0.15) is 0 Å². The van der Waals surface area contributed by atoms with E-state index in [0.29, 0.717) is 5.56 Å². The molecule has 0 aliphatic rings. The van der Waals surface area contributed by atoms with Crippen LogP contribution in [0.25, 0.3) is 0 Å². The number of hydrogen-bond donors (Lipinski definition) is 1. The molecule has 18 heavy (non-hydrogen) atoms. The average molecular weight is 265 g/mol. The van der Waals surface area contributed by atoms with E-state index in [4.69, 9.17) is 0 Å². The Kier molecular flexibility index (Phi) is 5.90. The third-order valence-corrected chi connectivity index (χ3v) is 4.05. The molecule has 98 valence electrons. The molecule has 1 aromatic rings. The molecule has 0 aromatic heterocycles. The summed E-state index contributed by atoms with van der Waals surface area (Å²) in [6.45, 7) is 2.14. The van der Waals surface area contributed by atoms with Crippen LogP contribution in [-0.2, 0) is 10.0 Å². The maximum absolute atomic E-state index is 11.8. The fourth-order valence-corrected chi connectivity index (χ4v) is 2.42. The van der Waals surface area contributed by atoms with E-state index in [9.17, 15) is 8.42 Å². The molecule has 0 spiro atoms. The number of unbranched alkanes of at least 4 members (excludes halogenated alkanes) is 3. The summed E-state index contributed by atoms with van der Waals surface area (Å²) < 4.78 is 25.9. The summed E-state index contributed by atoms with van der Waals surface area (Å²) >= 11 is 0. The summed E-state index contributed by atoms with van der Waals surface area (Å²) in [5, 5.41) is 0. The first-order valence-electron chi connectivity index (χ1n) is 6.13. The molecule has 4 heteroatoms.